The van der Waals surface area contributed by atoms with Crippen LogP contribution in [0.3, 0.4) is 0 Å². The maximum atomic E-state index is 12.4. The third-order valence-electron chi connectivity index (χ3n) is 3.51. The lowest BCUT2D eigenvalue weighted by atomic mass is 10.1. The lowest BCUT2D eigenvalue weighted by molar-refractivity contribution is -0.119. The molecule has 106 valence electrons. The molecule has 0 saturated heterocycles. The third-order valence-corrected chi connectivity index (χ3v) is 4.21. The monoisotopic (exact) mass is 320 g/mol. The van der Waals surface area contributed by atoms with Crippen LogP contribution in [-0.4, -0.2) is 5.91 Å². The quantitative estimate of drug-likeness (QED) is 0.789. The summed E-state index contributed by atoms with van der Waals surface area (Å²) in [5.41, 5.74) is 1.93. The largest absolute Gasteiger partial charge is 0.305 e. The van der Waals surface area contributed by atoms with Gasteiger partial charge in [-0.1, -0.05) is 52.6 Å². The number of rotatable bonds is 3. The Kier molecular flexibility index (Phi) is 3.66. The van der Waals surface area contributed by atoms with Gasteiger partial charge in [0, 0.05) is 21.2 Å². The van der Waals surface area contributed by atoms with Gasteiger partial charge >= 0.3 is 0 Å². The number of halogens is 2. The van der Waals surface area contributed by atoms with E-state index in [0.717, 1.165) is 0 Å². The summed E-state index contributed by atoms with van der Waals surface area (Å²) in [5, 5.41) is 3.90. The third kappa shape index (κ3) is 2.30. The maximum absolute atomic E-state index is 12.4. The summed E-state index contributed by atoms with van der Waals surface area (Å²) < 4.78 is 0. The highest BCUT2D eigenvalue weighted by Gasteiger charge is 2.38. The van der Waals surface area contributed by atoms with Gasteiger partial charge in [-0.15, -0.1) is 4.91 Å². The lowest BCUT2D eigenvalue weighted by Gasteiger charge is -2.19. The average Bonchev–Trinajstić information content (AvgIpc) is 2.75. The molecule has 1 aliphatic rings. The van der Waals surface area contributed by atoms with Gasteiger partial charge < -0.3 is 4.90 Å². The smallest absolute Gasteiger partial charge is 0.260 e. The fraction of sp³-hybridized carbons (Fsp3) is 0.133. The van der Waals surface area contributed by atoms with Gasteiger partial charge in [-0.3, -0.25) is 4.79 Å². The first-order valence-corrected chi connectivity index (χ1v) is 7.04. The molecule has 1 amide bonds. The van der Waals surface area contributed by atoms with Crippen molar-refractivity contribution in [2.75, 3.05) is 4.90 Å². The second-order valence-corrected chi connectivity index (χ2v) is 5.51. The number of anilines is 1. The normalized spacial score (nSPS) is 17.0. The van der Waals surface area contributed by atoms with Crippen molar-refractivity contribution in [1.82, 2.24) is 0 Å². The van der Waals surface area contributed by atoms with Crippen molar-refractivity contribution in [1.29, 1.82) is 0 Å². The summed E-state index contributed by atoms with van der Waals surface area (Å²) in [6, 6.07) is 11.3. The average molecular weight is 321 g/mol. The van der Waals surface area contributed by atoms with E-state index in [1.165, 1.54) is 4.90 Å². The Morgan fingerprint density at radius 2 is 1.71 bits per heavy atom. The summed E-state index contributed by atoms with van der Waals surface area (Å²) in [5.74, 6) is -0.359. The number of benzene rings is 2. The van der Waals surface area contributed by atoms with Crippen LogP contribution in [0.15, 0.2) is 47.6 Å². The first kappa shape index (κ1) is 14.0. The predicted octanol–water partition coefficient (Wildman–Crippen LogP) is 4.35. The van der Waals surface area contributed by atoms with Crippen molar-refractivity contribution < 1.29 is 4.79 Å². The van der Waals surface area contributed by atoms with E-state index in [1.807, 2.05) is 0 Å². The minimum absolute atomic E-state index is 0.209. The Hall–Kier alpha value is -1.91. The van der Waals surface area contributed by atoms with Crippen molar-refractivity contribution >= 4 is 34.8 Å². The van der Waals surface area contributed by atoms with Crippen molar-refractivity contribution in [2.24, 2.45) is 5.18 Å². The van der Waals surface area contributed by atoms with Crippen LogP contribution in [0, 0.1) is 4.91 Å². The van der Waals surface area contributed by atoms with Crippen LogP contribution in [0.4, 0.5) is 5.69 Å². The van der Waals surface area contributed by atoms with E-state index in [9.17, 15) is 9.70 Å². The topological polar surface area (TPSA) is 49.7 Å². The van der Waals surface area contributed by atoms with Crippen LogP contribution in [0.1, 0.15) is 17.2 Å². The van der Waals surface area contributed by atoms with Crippen molar-refractivity contribution in [3.63, 3.8) is 0 Å². The molecule has 0 saturated carbocycles. The molecule has 2 aromatic carbocycles. The second kappa shape index (κ2) is 5.47. The summed E-state index contributed by atoms with van der Waals surface area (Å²) in [4.78, 5) is 24.8. The molecule has 3 rings (SSSR count). The van der Waals surface area contributed by atoms with Gasteiger partial charge in [0.25, 0.3) is 5.91 Å². The molecular weight excluding hydrogens is 311 g/mol. The van der Waals surface area contributed by atoms with E-state index in [4.69, 9.17) is 23.2 Å². The molecule has 0 aliphatic carbocycles. The molecule has 0 fully saturated rings. The van der Waals surface area contributed by atoms with E-state index in [0.29, 0.717) is 26.9 Å². The van der Waals surface area contributed by atoms with E-state index in [1.54, 1.807) is 42.5 Å². The molecule has 1 unspecified atom stereocenters. The Morgan fingerprint density at radius 3 is 2.38 bits per heavy atom. The number of carbonyl (C=O) groups is 1. The van der Waals surface area contributed by atoms with Crippen molar-refractivity contribution in [2.45, 2.75) is 12.6 Å². The van der Waals surface area contributed by atoms with Gasteiger partial charge in [0.2, 0.25) is 0 Å². The molecule has 6 heteroatoms. The molecule has 0 bridgehead atoms. The van der Waals surface area contributed by atoms with Crippen molar-refractivity contribution in [3.8, 4) is 0 Å². The molecule has 0 spiro atoms. The zero-order valence-corrected chi connectivity index (χ0v) is 12.3. The number of fused-ring (bicyclic) bond motifs is 1. The molecule has 1 heterocycles. The molecule has 1 aliphatic heterocycles. The number of carbonyl (C=O) groups excluding carboxylic acids is 1. The molecular formula is C15H10Cl2N2O2. The first-order chi connectivity index (χ1) is 10.1. The van der Waals surface area contributed by atoms with Crippen LogP contribution in [0.2, 0.25) is 10.0 Å². The highest BCUT2D eigenvalue weighted by molar-refractivity contribution is 6.36. The Balaban J connectivity index is 2.04. The van der Waals surface area contributed by atoms with Gasteiger partial charge in [0.15, 0.2) is 6.04 Å². The summed E-state index contributed by atoms with van der Waals surface area (Å²) >= 11 is 12.3. The van der Waals surface area contributed by atoms with E-state index >= 15 is 0 Å². The van der Waals surface area contributed by atoms with Crippen LogP contribution in [-0.2, 0) is 11.3 Å². The minimum atomic E-state index is -0.998. The molecule has 2 aromatic rings. The predicted molar refractivity (Wildman–Crippen MR) is 82.6 cm³/mol. The second-order valence-electron chi connectivity index (χ2n) is 4.69. The van der Waals surface area contributed by atoms with E-state index in [-0.39, 0.29) is 12.5 Å². The Morgan fingerprint density at radius 1 is 1.05 bits per heavy atom. The number of hydrogen-bond acceptors (Lipinski definition) is 3. The molecule has 21 heavy (non-hydrogen) atoms. The number of para-hydroxylation sites is 1. The van der Waals surface area contributed by atoms with Gasteiger partial charge in [-0.05, 0) is 18.2 Å². The van der Waals surface area contributed by atoms with Crippen LogP contribution in [0.25, 0.3) is 0 Å². The zero-order valence-electron chi connectivity index (χ0n) is 10.8. The molecule has 4 nitrogen and oxygen atoms in total. The summed E-state index contributed by atoms with van der Waals surface area (Å²) in [6.45, 7) is 0.209. The summed E-state index contributed by atoms with van der Waals surface area (Å²) in [6.07, 6.45) is 0. The number of amides is 1. The molecule has 0 aromatic heterocycles. The van der Waals surface area contributed by atoms with Crippen molar-refractivity contribution in [3.05, 3.63) is 68.5 Å². The van der Waals surface area contributed by atoms with Gasteiger partial charge in [-0.2, -0.15) is 0 Å². The minimum Gasteiger partial charge on any atom is -0.305 e. The lowest BCUT2D eigenvalue weighted by Crippen LogP contribution is -2.27. The Labute approximate surface area is 131 Å². The highest BCUT2D eigenvalue weighted by atomic mass is 35.5. The Bertz CT molecular complexity index is 713. The highest BCUT2D eigenvalue weighted by Crippen LogP contribution is 2.40. The fourth-order valence-corrected chi connectivity index (χ4v) is 2.99. The maximum Gasteiger partial charge on any atom is 0.260 e. The van der Waals surface area contributed by atoms with Crippen LogP contribution >= 0.6 is 23.2 Å². The first-order valence-electron chi connectivity index (χ1n) is 6.29. The SMILES string of the molecule is O=NC1C(=O)N(Cc2c(Cl)cccc2Cl)c2ccccc21. The standard InChI is InChI=1S/C15H10Cl2N2O2/c16-11-5-3-6-12(17)10(11)8-19-13-7-2-1-4-9(13)14(18-21)15(19)20/h1-7,14H,8H2. The van der Waals surface area contributed by atoms with Gasteiger partial charge in [0.05, 0.1) is 12.2 Å². The number of nitroso groups, excluding NO2 is 1. The van der Waals surface area contributed by atoms with Gasteiger partial charge in [0.1, 0.15) is 0 Å². The summed E-state index contributed by atoms with van der Waals surface area (Å²) in [7, 11) is 0. The molecule has 0 N–H and O–H groups in total. The van der Waals surface area contributed by atoms with Crippen LogP contribution < -0.4 is 4.90 Å². The number of nitrogens with zero attached hydrogens (tertiary/aromatic N) is 2. The molecule has 1 atom stereocenters. The zero-order chi connectivity index (χ0) is 15.0. The van der Waals surface area contributed by atoms with Crippen LogP contribution in [0.5, 0.6) is 0 Å². The fourth-order valence-electron chi connectivity index (χ4n) is 2.47. The van der Waals surface area contributed by atoms with E-state index < -0.39 is 6.04 Å². The van der Waals surface area contributed by atoms with E-state index in [2.05, 4.69) is 5.18 Å². The number of hydrogen-bond donors (Lipinski definition) is 0. The van der Waals surface area contributed by atoms with Gasteiger partial charge in [-0.25, -0.2) is 0 Å². The molecule has 0 radical (unpaired) electrons.